The van der Waals surface area contributed by atoms with E-state index in [0.29, 0.717) is 5.69 Å². The number of nitro benzene ring substituents is 1. The van der Waals surface area contributed by atoms with E-state index in [0.717, 1.165) is 34.7 Å². The third kappa shape index (κ3) is 6.46. The second-order valence-electron chi connectivity index (χ2n) is 9.53. The van der Waals surface area contributed by atoms with E-state index in [1.165, 1.54) is 30.3 Å². The summed E-state index contributed by atoms with van der Waals surface area (Å²) in [5.74, 6) is -0.865. The van der Waals surface area contributed by atoms with E-state index in [-0.39, 0.29) is 33.6 Å². The lowest BCUT2D eigenvalue weighted by Gasteiger charge is -2.12. The van der Waals surface area contributed by atoms with Gasteiger partial charge in [0.05, 0.1) is 27.6 Å². The summed E-state index contributed by atoms with van der Waals surface area (Å²) in [6.45, 7) is 1.31. The normalized spacial score (nSPS) is 11.5. The van der Waals surface area contributed by atoms with Gasteiger partial charge in [0.25, 0.3) is 11.5 Å². The van der Waals surface area contributed by atoms with E-state index >= 15 is 0 Å². The summed E-state index contributed by atoms with van der Waals surface area (Å²) in [6, 6.07) is 21.5. The number of ether oxygens (including phenoxy) is 1. The van der Waals surface area contributed by atoms with Crippen molar-refractivity contribution in [3.05, 3.63) is 128 Å². The molecule has 1 N–H and O–H groups in total. The van der Waals surface area contributed by atoms with Crippen LogP contribution in [0.3, 0.4) is 0 Å². The maximum Gasteiger partial charge on any atom is 0.416 e. The fourth-order valence-corrected chi connectivity index (χ4v) is 4.30. The molecule has 1 heterocycles. The number of hydrogen-bond acceptors (Lipinski definition) is 7. The summed E-state index contributed by atoms with van der Waals surface area (Å²) in [7, 11) is 0. The van der Waals surface area contributed by atoms with Gasteiger partial charge in [-0.3, -0.25) is 19.7 Å². The number of fused-ring (bicyclic) bond motifs is 1. The fourth-order valence-electron chi connectivity index (χ4n) is 4.30. The van der Waals surface area contributed by atoms with Crippen LogP contribution in [-0.4, -0.2) is 33.3 Å². The van der Waals surface area contributed by atoms with Gasteiger partial charge in [-0.25, -0.2) is 4.98 Å². The van der Waals surface area contributed by atoms with E-state index in [1.54, 1.807) is 30.3 Å². The van der Waals surface area contributed by atoms with Gasteiger partial charge in [-0.2, -0.15) is 22.9 Å². The number of aryl methyl sites for hydroxylation is 1. The molecule has 0 saturated heterocycles. The van der Waals surface area contributed by atoms with Crippen molar-refractivity contribution < 1.29 is 27.6 Å². The number of carbonyl (C=O) groups excluding carboxylic acids is 1. The molecule has 0 saturated carbocycles. The number of nitrogens with one attached hydrogen (secondary N) is 1. The molecule has 0 aliphatic heterocycles. The zero-order chi connectivity index (χ0) is 31.4. The summed E-state index contributed by atoms with van der Waals surface area (Å²) >= 11 is 0. The van der Waals surface area contributed by atoms with Crippen molar-refractivity contribution in [3.63, 3.8) is 0 Å². The fraction of sp³-hybridized carbons (Fsp3) is 0.0968. The zero-order valence-electron chi connectivity index (χ0n) is 22.9. The molecule has 0 aliphatic carbocycles. The summed E-state index contributed by atoms with van der Waals surface area (Å²) in [6.07, 6.45) is -3.50. The Labute approximate surface area is 247 Å². The Morgan fingerprint density at radius 1 is 1.05 bits per heavy atom. The van der Waals surface area contributed by atoms with Gasteiger partial charge in [0.2, 0.25) is 0 Å². The summed E-state index contributed by atoms with van der Waals surface area (Å²) in [5.41, 5.74) is -0.265. The van der Waals surface area contributed by atoms with Crippen LogP contribution in [0.4, 0.5) is 24.5 Å². The lowest BCUT2D eigenvalue weighted by molar-refractivity contribution is -0.385. The first-order valence-corrected chi connectivity index (χ1v) is 13.0. The van der Waals surface area contributed by atoms with Gasteiger partial charge in [-0.1, -0.05) is 42.5 Å². The number of halogens is 3. The van der Waals surface area contributed by atoms with Crippen molar-refractivity contribution in [1.29, 1.82) is 0 Å². The molecule has 0 spiro atoms. The number of hydrogen-bond donors (Lipinski definition) is 1. The molecule has 0 fully saturated rings. The van der Waals surface area contributed by atoms with Gasteiger partial charge >= 0.3 is 11.9 Å². The Morgan fingerprint density at radius 2 is 1.80 bits per heavy atom. The van der Waals surface area contributed by atoms with Crippen molar-refractivity contribution in [2.45, 2.75) is 13.1 Å². The van der Waals surface area contributed by atoms with Crippen molar-refractivity contribution in [3.8, 4) is 17.1 Å². The quantitative estimate of drug-likeness (QED) is 0.128. The molecule has 222 valence electrons. The lowest BCUT2D eigenvalue weighted by atomic mass is 10.1. The molecular formula is C31H22F3N5O5. The van der Waals surface area contributed by atoms with Crippen LogP contribution < -0.4 is 15.6 Å². The van der Waals surface area contributed by atoms with Gasteiger partial charge in [0, 0.05) is 22.9 Å². The van der Waals surface area contributed by atoms with Crippen molar-refractivity contribution >= 4 is 34.4 Å². The molecule has 1 aromatic heterocycles. The summed E-state index contributed by atoms with van der Waals surface area (Å²) in [5, 5.41) is 18.8. The third-order valence-corrected chi connectivity index (χ3v) is 6.48. The number of rotatable bonds is 8. The molecule has 0 atom stereocenters. The van der Waals surface area contributed by atoms with Gasteiger partial charge in [-0.15, -0.1) is 0 Å². The van der Waals surface area contributed by atoms with Crippen LogP contribution in [0.15, 0.2) is 101 Å². The van der Waals surface area contributed by atoms with Crippen LogP contribution in [-0.2, 0) is 11.0 Å². The van der Waals surface area contributed by atoms with E-state index in [2.05, 4.69) is 15.4 Å². The first kappa shape index (κ1) is 29.6. The molecule has 44 heavy (non-hydrogen) atoms. The van der Waals surface area contributed by atoms with E-state index < -0.39 is 40.4 Å². The van der Waals surface area contributed by atoms with Crippen LogP contribution in [0.5, 0.6) is 5.75 Å². The standard InChI is InChI=1S/C31H22F3N5O5/c1-19-7-2-4-11-24(19)36-28(40)18-44-27-14-13-20(15-26(27)39(42)43)17-35-38-29(21-8-6-9-22(16-21)31(32,33)34)37-25-12-5-3-10-23(25)30(38)41/h2-17H,18H2,1H3,(H,36,40). The predicted molar refractivity (Wildman–Crippen MR) is 158 cm³/mol. The molecule has 5 rings (SSSR count). The number of carbonyl (C=O) groups is 1. The van der Waals surface area contributed by atoms with Crippen LogP contribution in [0, 0.1) is 17.0 Å². The highest BCUT2D eigenvalue weighted by atomic mass is 19.4. The highest BCUT2D eigenvalue weighted by Crippen LogP contribution is 2.32. The summed E-state index contributed by atoms with van der Waals surface area (Å²) < 4.78 is 46.5. The first-order valence-electron chi connectivity index (χ1n) is 13.0. The summed E-state index contributed by atoms with van der Waals surface area (Å²) in [4.78, 5) is 41.2. The zero-order valence-corrected chi connectivity index (χ0v) is 22.9. The number of nitro groups is 1. The molecule has 0 unspecified atom stereocenters. The largest absolute Gasteiger partial charge is 0.477 e. The molecule has 10 nitrogen and oxygen atoms in total. The lowest BCUT2D eigenvalue weighted by Crippen LogP contribution is -2.21. The molecule has 4 aromatic carbocycles. The minimum Gasteiger partial charge on any atom is -0.477 e. The van der Waals surface area contributed by atoms with Crippen LogP contribution >= 0.6 is 0 Å². The number of nitrogens with zero attached hydrogens (tertiary/aromatic N) is 4. The van der Waals surface area contributed by atoms with Crippen LogP contribution in [0.1, 0.15) is 16.7 Å². The highest BCUT2D eigenvalue weighted by molar-refractivity contribution is 5.92. The number of anilines is 1. The number of benzene rings is 4. The van der Waals surface area contributed by atoms with E-state index in [4.69, 9.17) is 4.74 Å². The minimum absolute atomic E-state index is 0.0153. The molecule has 0 aliphatic rings. The van der Waals surface area contributed by atoms with Gasteiger partial charge in [-0.05, 0) is 55.0 Å². The van der Waals surface area contributed by atoms with Crippen molar-refractivity contribution in [2.75, 3.05) is 11.9 Å². The molecule has 0 radical (unpaired) electrons. The Kier molecular flexibility index (Phi) is 8.20. The predicted octanol–water partition coefficient (Wildman–Crippen LogP) is 6.20. The Balaban J connectivity index is 1.47. The maximum absolute atomic E-state index is 13.4. The SMILES string of the molecule is Cc1ccccc1NC(=O)COc1ccc(C=Nn2c(-c3cccc(C(F)(F)F)c3)nc3ccccc3c2=O)cc1[N+](=O)[O-]. The van der Waals surface area contributed by atoms with E-state index in [1.807, 2.05) is 19.1 Å². The topological polar surface area (TPSA) is 129 Å². The highest BCUT2D eigenvalue weighted by Gasteiger charge is 2.31. The molecular weight excluding hydrogens is 579 g/mol. The first-order chi connectivity index (χ1) is 21.0. The second-order valence-corrected chi connectivity index (χ2v) is 9.53. The van der Waals surface area contributed by atoms with Crippen LogP contribution in [0.2, 0.25) is 0 Å². The monoisotopic (exact) mass is 601 g/mol. The van der Waals surface area contributed by atoms with Gasteiger partial charge in [0.15, 0.2) is 18.2 Å². The minimum atomic E-state index is -4.63. The molecule has 13 heteroatoms. The Hall–Kier alpha value is -5.85. The smallest absolute Gasteiger partial charge is 0.416 e. The molecule has 0 bridgehead atoms. The Bertz CT molecular complexity index is 1990. The van der Waals surface area contributed by atoms with E-state index in [9.17, 15) is 32.9 Å². The number of para-hydroxylation sites is 2. The maximum atomic E-state index is 13.4. The number of amides is 1. The molecule has 1 amide bonds. The van der Waals surface area contributed by atoms with Gasteiger partial charge in [0.1, 0.15) is 0 Å². The van der Waals surface area contributed by atoms with Crippen molar-refractivity contribution in [1.82, 2.24) is 9.66 Å². The van der Waals surface area contributed by atoms with Crippen LogP contribution in [0.25, 0.3) is 22.3 Å². The van der Waals surface area contributed by atoms with Gasteiger partial charge < -0.3 is 10.1 Å². The van der Waals surface area contributed by atoms with Crippen molar-refractivity contribution in [2.24, 2.45) is 5.10 Å². The number of aromatic nitrogens is 2. The second kappa shape index (κ2) is 12.2. The number of alkyl halides is 3. The Morgan fingerprint density at radius 3 is 2.55 bits per heavy atom. The average molecular weight is 602 g/mol. The molecule has 5 aromatic rings. The third-order valence-electron chi connectivity index (χ3n) is 6.48. The average Bonchev–Trinajstić information content (AvgIpc) is 3.00.